The van der Waals surface area contributed by atoms with Gasteiger partial charge in [0.2, 0.25) is 0 Å². The minimum Gasteiger partial charge on any atom is -0.500 e. The summed E-state index contributed by atoms with van der Waals surface area (Å²) < 4.78 is 8.54. The van der Waals surface area contributed by atoms with Gasteiger partial charge in [-0.05, 0) is 78.0 Å². The number of rotatable bonds is 5. The fourth-order valence-electron chi connectivity index (χ4n) is 7.69. The van der Waals surface area contributed by atoms with Gasteiger partial charge in [-0.15, -0.1) is 23.8 Å². The molecule has 2 aliphatic rings. The molecule has 0 amide bonds. The molecule has 2 saturated carbocycles. The molecule has 2 heterocycles. The molecule has 2 aliphatic carbocycles. The van der Waals surface area contributed by atoms with Gasteiger partial charge in [-0.2, -0.15) is 0 Å². The summed E-state index contributed by atoms with van der Waals surface area (Å²) in [5.74, 6) is 2.10. The first kappa shape index (κ1) is 28.3. The third-order valence-electron chi connectivity index (χ3n) is 9.80. The van der Waals surface area contributed by atoms with Gasteiger partial charge >= 0.3 is 0 Å². The Kier molecular flexibility index (Phi) is 8.08. The van der Waals surface area contributed by atoms with Crippen molar-refractivity contribution >= 4 is 21.9 Å². The zero-order chi connectivity index (χ0) is 27.9. The van der Waals surface area contributed by atoms with E-state index in [4.69, 9.17) is 9.40 Å². The molecular weight excluding hydrogens is 705 g/mol. The third-order valence-corrected chi connectivity index (χ3v) is 9.80. The SMILES string of the molecule is [Ir].[c-]1cc2oc3ccccc3c2cc1-c1nccn1-c1c(C2CCCCC2)cc(-c2ccccc2)cc1C1CCCCC1. The number of furan rings is 1. The Morgan fingerprint density at radius 1 is 0.674 bits per heavy atom. The van der Waals surface area contributed by atoms with Crippen LogP contribution in [0.3, 0.4) is 0 Å². The molecule has 0 bridgehead atoms. The van der Waals surface area contributed by atoms with Crippen molar-refractivity contribution in [3.63, 3.8) is 0 Å². The van der Waals surface area contributed by atoms with Crippen molar-refractivity contribution < 1.29 is 24.5 Å². The van der Waals surface area contributed by atoms with E-state index in [0.29, 0.717) is 11.8 Å². The van der Waals surface area contributed by atoms with Crippen molar-refractivity contribution in [1.82, 2.24) is 9.55 Å². The maximum Gasteiger partial charge on any atom is 0.120 e. The summed E-state index contributed by atoms with van der Waals surface area (Å²) in [6.45, 7) is 0. The molecule has 0 N–H and O–H groups in total. The Bertz CT molecular complexity index is 1820. The number of benzene rings is 4. The number of nitrogens with zero attached hydrogens (tertiary/aromatic N) is 2. The molecule has 0 aliphatic heterocycles. The van der Waals surface area contributed by atoms with Crippen LogP contribution in [-0.4, -0.2) is 9.55 Å². The van der Waals surface area contributed by atoms with Crippen LogP contribution in [0.4, 0.5) is 0 Å². The van der Waals surface area contributed by atoms with E-state index in [9.17, 15) is 0 Å². The van der Waals surface area contributed by atoms with Gasteiger partial charge in [-0.3, -0.25) is 4.98 Å². The largest absolute Gasteiger partial charge is 0.500 e. The first-order chi connectivity index (χ1) is 20.8. The van der Waals surface area contributed by atoms with E-state index in [1.165, 1.54) is 92.1 Å². The molecule has 0 saturated heterocycles. The van der Waals surface area contributed by atoms with Crippen molar-refractivity contribution in [2.45, 2.75) is 76.0 Å². The van der Waals surface area contributed by atoms with Gasteiger partial charge in [0.15, 0.2) is 0 Å². The van der Waals surface area contributed by atoms with E-state index in [0.717, 1.165) is 33.3 Å². The first-order valence-corrected chi connectivity index (χ1v) is 15.9. The molecule has 4 aromatic carbocycles. The van der Waals surface area contributed by atoms with E-state index in [1.54, 1.807) is 0 Å². The van der Waals surface area contributed by atoms with Gasteiger partial charge in [-0.25, -0.2) is 0 Å². The second-order valence-corrected chi connectivity index (χ2v) is 12.4. The summed E-state index contributed by atoms with van der Waals surface area (Å²) in [5.41, 5.74) is 9.86. The summed E-state index contributed by atoms with van der Waals surface area (Å²) in [7, 11) is 0. The number of hydrogen-bond donors (Lipinski definition) is 0. The normalized spacial score (nSPS) is 16.5. The van der Waals surface area contributed by atoms with E-state index in [-0.39, 0.29) is 20.1 Å². The molecule has 0 spiro atoms. The quantitative estimate of drug-likeness (QED) is 0.165. The van der Waals surface area contributed by atoms with E-state index in [1.807, 2.05) is 24.4 Å². The average Bonchev–Trinajstić information content (AvgIpc) is 3.70. The smallest absolute Gasteiger partial charge is 0.120 e. The summed E-state index contributed by atoms with van der Waals surface area (Å²) in [6.07, 6.45) is 17.2. The number of hydrogen-bond acceptors (Lipinski definition) is 2. The molecule has 4 heteroatoms. The van der Waals surface area contributed by atoms with Crippen LogP contribution in [0.2, 0.25) is 0 Å². The second kappa shape index (κ2) is 12.3. The van der Waals surface area contributed by atoms with Gasteiger partial charge in [-0.1, -0.05) is 92.4 Å². The summed E-state index contributed by atoms with van der Waals surface area (Å²) in [6, 6.07) is 32.1. The van der Waals surface area contributed by atoms with Crippen LogP contribution in [0.25, 0.3) is 50.1 Å². The van der Waals surface area contributed by atoms with Gasteiger partial charge in [0.1, 0.15) is 5.58 Å². The average molecular weight is 742 g/mol. The Balaban J connectivity index is 0.00000300. The van der Waals surface area contributed by atoms with Gasteiger partial charge in [0.05, 0.1) is 11.4 Å². The summed E-state index contributed by atoms with van der Waals surface area (Å²) in [5, 5.41) is 2.26. The van der Waals surface area contributed by atoms with Crippen molar-refractivity contribution in [1.29, 1.82) is 0 Å². The number of fused-ring (bicyclic) bond motifs is 3. The van der Waals surface area contributed by atoms with Crippen LogP contribution in [0, 0.1) is 6.07 Å². The molecule has 8 rings (SSSR count). The number of imidazole rings is 1. The molecule has 0 atom stereocenters. The van der Waals surface area contributed by atoms with Crippen molar-refractivity contribution in [2.75, 3.05) is 0 Å². The van der Waals surface area contributed by atoms with E-state index >= 15 is 0 Å². The molecule has 3 nitrogen and oxygen atoms in total. The van der Waals surface area contributed by atoms with Crippen LogP contribution in [0.5, 0.6) is 0 Å². The molecule has 43 heavy (non-hydrogen) atoms. The van der Waals surface area contributed by atoms with Crippen LogP contribution in [0.15, 0.2) is 95.7 Å². The number of para-hydroxylation sites is 1. The fraction of sp³-hybridized carbons (Fsp3) is 0.308. The fourth-order valence-corrected chi connectivity index (χ4v) is 7.69. The third kappa shape index (κ3) is 5.30. The summed E-state index contributed by atoms with van der Waals surface area (Å²) in [4.78, 5) is 4.99. The molecule has 6 aromatic rings. The minimum absolute atomic E-state index is 0. The van der Waals surface area contributed by atoms with E-state index in [2.05, 4.69) is 77.5 Å². The standard InChI is InChI=1S/C39H37N2O.Ir/c1-4-12-27(13-5-1)31-25-33(28-14-6-2-7-15-28)38(34(26-31)29-16-8-3-9-17-29)41-23-22-40-39(41)30-20-21-37-35(24-30)32-18-10-11-19-36(32)42-37;/h1,4-5,10-13,18-19,21-26,28-29H,2-3,6-9,14-17H2;/q-1;. The topological polar surface area (TPSA) is 31.0 Å². The predicted molar refractivity (Wildman–Crippen MR) is 172 cm³/mol. The van der Waals surface area contributed by atoms with Crippen molar-refractivity contribution in [2.24, 2.45) is 0 Å². The summed E-state index contributed by atoms with van der Waals surface area (Å²) >= 11 is 0. The second-order valence-electron chi connectivity index (χ2n) is 12.4. The molecule has 219 valence electrons. The zero-order valence-electron chi connectivity index (χ0n) is 24.5. The zero-order valence-corrected chi connectivity index (χ0v) is 26.9. The molecular formula is C39H37IrN2O-. The van der Waals surface area contributed by atoms with Crippen molar-refractivity contribution in [3.05, 3.63) is 108 Å². The Morgan fingerprint density at radius 3 is 2.02 bits per heavy atom. The van der Waals surface area contributed by atoms with Crippen LogP contribution in [-0.2, 0) is 20.1 Å². The Hall–Kier alpha value is -3.46. The van der Waals surface area contributed by atoms with Gasteiger partial charge < -0.3 is 8.98 Å². The molecule has 1 radical (unpaired) electrons. The van der Waals surface area contributed by atoms with Crippen LogP contribution in [0.1, 0.15) is 87.2 Å². The molecule has 0 unspecified atom stereocenters. The first-order valence-electron chi connectivity index (χ1n) is 15.9. The van der Waals surface area contributed by atoms with E-state index < -0.39 is 0 Å². The maximum absolute atomic E-state index is 6.13. The van der Waals surface area contributed by atoms with Crippen LogP contribution < -0.4 is 0 Å². The Labute approximate surface area is 267 Å². The molecule has 2 fully saturated rings. The van der Waals surface area contributed by atoms with Gasteiger partial charge in [0.25, 0.3) is 0 Å². The number of aromatic nitrogens is 2. The van der Waals surface area contributed by atoms with Crippen LogP contribution >= 0.6 is 0 Å². The predicted octanol–water partition coefficient (Wildman–Crippen LogP) is 11.0. The Morgan fingerprint density at radius 2 is 1.33 bits per heavy atom. The molecule has 2 aromatic heterocycles. The maximum atomic E-state index is 6.13. The minimum atomic E-state index is 0. The monoisotopic (exact) mass is 742 g/mol. The van der Waals surface area contributed by atoms with Crippen molar-refractivity contribution in [3.8, 4) is 28.2 Å². The van der Waals surface area contributed by atoms with Gasteiger partial charge in [0, 0.05) is 43.6 Å².